The lowest BCUT2D eigenvalue weighted by molar-refractivity contribution is 0.330. The standard InChI is InChI=1S/C5H12Cl2N2/c1-8-4-5(6,7)9(2)3/h8H,4H2,1-3H3. The Morgan fingerprint density at radius 2 is 1.89 bits per heavy atom. The summed E-state index contributed by atoms with van der Waals surface area (Å²) in [5.41, 5.74) is 0. The van der Waals surface area contributed by atoms with E-state index in [-0.39, 0.29) is 0 Å². The maximum atomic E-state index is 5.80. The van der Waals surface area contributed by atoms with Crippen molar-refractivity contribution in [2.24, 2.45) is 0 Å². The molecule has 0 aromatic carbocycles. The fourth-order valence-corrected chi connectivity index (χ4v) is 0.638. The predicted molar refractivity (Wildman–Crippen MR) is 42.1 cm³/mol. The Balaban J connectivity index is 3.70. The van der Waals surface area contributed by atoms with Gasteiger partial charge in [0.2, 0.25) is 0 Å². The van der Waals surface area contributed by atoms with Gasteiger partial charge >= 0.3 is 0 Å². The van der Waals surface area contributed by atoms with Gasteiger partial charge in [0, 0.05) is 6.54 Å². The van der Waals surface area contributed by atoms with Crippen molar-refractivity contribution in [3.8, 4) is 0 Å². The van der Waals surface area contributed by atoms with Crippen LogP contribution >= 0.6 is 23.2 Å². The molecule has 4 heteroatoms. The highest BCUT2D eigenvalue weighted by molar-refractivity contribution is 6.48. The van der Waals surface area contributed by atoms with E-state index in [0.717, 1.165) is 0 Å². The summed E-state index contributed by atoms with van der Waals surface area (Å²) >= 11 is 11.6. The van der Waals surface area contributed by atoms with Crippen molar-refractivity contribution < 1.29 is 0 Å². The summed E-state index contributed by atoms with van der Waals surface area (Å²) in [4.78, 5) is 1.74. The number of halogens is 2. The molecular formula is C5H12Cl2N2. The summed E-state index contributed by atoms with van der Waals surface area (Å²) < 4.78 is -0.783. The zero-order chi connectivity index (χ0) is 7.49. The summed E-state index contributed by atoms with van der Waals surface area (Å²) in [6.07, 6.45) is 0. The molecule has 0 spiro atoms. The maximum absolute atomic E-state index is 5.80. The molecular weight excluding hydrogens is 159 g/mol. The minimum atomic E-state index is -0.783. The third-order valence-electron chi connectivity index (χ3n) is 1.04. The van der Waals surface area contributed by atoms with E-state index >= 15 is 0 Å². The molecule has 56 valence electrons. The second-order valence-electron chi connectivity index (χ2n) is 2.09. The first-order chi connectivity index (χ1) is 4.00. The van der Waals surface area contributed by atoms with Crippen molar-refractivity contribution in [3.05, 3.63) is 0 Å². The molecule has 0 aliphatic heterocycles. The summed E-state index contributed by atoms with van der Waals surface area (Å²) in [5, 5.41) is 2.88. The van der Waals surface area contributed by atoms with Gasteiger partial charge in [0.15, 0.2) is 4.46 Å². The van der Waals surface area contributed by atoms with E-state index in [1.54, 1.807) is 4.90 Å². The first-order valence-electron chi connectivity index (χ1n) is 2.70. The van der Waals surface area contributed by atoms with Crippen LogP contribution in [0.4, 0.5) is 0 Å². The van der Waals surface area contributed by atoms with Gasteiger partial charge < -0.3 is 5.32 Å². The van der Waals surface area contributed by atoms with Crippen molar-refractivity contribution in [1.82, 2.24) is 10.2 Å². The van der Waals surface area contributed by atoms with E-state index in [2.05, 4.69) is 5.32 Å². The normalized spacial score (nSPS) is 12.7. The van der Waals surface area contributed by atoms with Crippen molar-refractivity contribution in [2.45, 2.75) is 4.46 Å². The summed E-state index contributed by atoms with van der Waals surface area (Å²) in [6.45, 7) is 0.559. The number of hydrogen-bond donors (Lipinski definition) is 1. The molecule has 1 N–H and O–H groups in total. The van der Waals surface area contributed by atoms with E-state index in [0.29, 0.717) is 6.54 Å². The van der Waals surface area contributed by atoms with Crippen molar-refractivity contribution >= 4 is 23.2 Å². The lowest BCUT2D eigenvalue weighted by Gasteiger charge is -2.26. The van der Waals surface area contributed by atoms with Crippen molar-refractivity contribution in [1.29, 1.82) is 0 Å². The number of likely N-dealkylation sites (N-methyl/N-ethyl adjacent to an activating group) is 2. The highest BCUT2D eigenvalue weighted by Crippen LogP contribution is 2.21. The van der Waals surface area contributed by atoms with Gasteiger partial charge in [-0.2, -0.15) is 0 Å². The zero-order valence-corrected chi connectivity index (χ0v) is 7.42. The first kappa shape index (κ1) is 9.50. The molecule has 0 aromatic heterocycles. The molecule has 9 heavy (non-hydrogen) atoms. The summed E-state index contributed by atoms with van der Waals surface area (Å²) in [7, 11) is 5.47. The van der Waals surface area contributed by atoms with Gasteiger partial charge in [0.1, 0.15) is 0 Å². The van der Waals surface area contributed by atoms with Crippen LogP contribution in [0.15, 0.2) is 0 Å². The van der Waals surface area contributed by atoms with E-state index in [1.807, 2.05) is 21.1 Å². The average molecular weight is 171 g/mol. The SMILES string of the molecule is CNCC(Cl)(Cl)N(C)C. The molecule has 0 unspecified atom stereocenters. The van der Waals surface area contributed by atoms with Crippen LogP contribution in [0.2, 0.25) is 0 Å². The molecule has 0 aliphatic carbocycles. The first-order valence-corrected chi connectivity index (χ1v) is 3.46. The minimum absolute atomic E-state index is 0.559. The Kier molecular flexibility index (Phi) is 3.82. The molecule has 0 rings (SSSR count). The third kappa shape index (κ3) is 3.26. The molecule has 0 heterocycles. The molecule has 0 amide bonds. The van der Waals surface area contributed by atoms with Gasteiger partial charge in [-0.1, -0.05) is 23.2 Å². The molecule has 2 nitrogen and oxygen atoms in total. The zero-order valence-electron chi connectivity index (χ0n) is 5.91. The number of alkyl halides is 2. The number of nitrogens with zero attached hydrogens (tertiary/aromatic N) is 1. The molecule has 0 fully saturated rings. The Morgan fingerprint density at radius 3 is 2.00 bits per heavy atom. The second kappa shape index (κ2) is 3.62. The van der Waals surface area contributed by atoms with Crippen LogP contribution in [0.5, 0.6) is 0 Å². The Bertz CT molecular complexity index is 83.0. The van der Waals surface area contributed by atoms with Crippen LogP contribution in [0.3, 0.4) is 0 Å². The fourth-order valence-electron chi connectivity index (χ4n) is 0.371. The lowest BCUT2D eigenvalue weighted by atomic mass is 10.5. The van der Waals surface area contributed by atoms with Crippen LogP contribution in [-0.2, 0) is 0 Å². The molecule has 0 radical (unpaired) electrons. The molecule has 0 bridgehead atoms. The molecule has 0 aliphatic rings. The topological polar surface area (TPSA) is 15.3 Å². The second-order valence-corrected chi connectivity index (χ2v) is 3.53. The van der Waals surface area contributed by atoms with E-state index in [4.69, 9.17) is 23.2 Å². The number of hydrogen-bond acceptors (Lipinski definition) is 2. The molecule has 0 atom stereocenters. The van der Waals surface area contributed by atoms with Crippen LogP contribution in [0.25, 0.3) is 0 Å². The average Bonchev–Trinajstić information content (AvgIpc) is 1.65. The highest BCUT2D eigenvalue weighted by atomic mass is 35.5. The van der Waals surface area contributed by atoms with Gasteiger partial charge in [-0.25, -0.2) is 0 Å². The Morgan fingerprint density at radius 1 is 1.44 bits per heavy atom. The smallest absolute Gasteiger partial charge is 0.183 e. The number of rotatable bonds is 3. The van der Waals surface area contributed by atoms with E-state index in [9.17, 15) is 0 Å². The maximum Gasteiger partial charge on any atom is 0.183 e. The fraction of sp³-hybridized carbons (Fsp3) is 1.00. The van der Waals surface area contributed by atoms with Crippen LogP contribution in [-0.4, -0.2) is 37.0 Å². The lowest BCUT2D eigenvalue weighted by Crippen LogP contribution is -2.41. The van der Waals surface area contributed by atoms with Crippen LogP contribution in [0, 0.1) is 0 Å². The van der Waals surface area contributed by atoms with Gasteiger partial charge in [0.05, 0.1) is 0 Å². The molecule has 0 aromatic rings. The van der Waals surface area contributed by atoms with Crippen molar-refractivity contribution in [3.63, 3.8) is 0 Å². The minimum Gasteiger partial charge on any atom is -0.316 e. The highest BCUT2D eigenvalue weighted by Gasteiger charge is 2.24. The van der Waals surface area contributed by atoms with Gasteiger partial charge in [-0.05, 0) is 21.1 Å². The molecule has 0 saturated heterocycles. The van der Waals surface area contributed by atoms with E-state index < -0.39 is 4.46 Å². The Hall–Kier alpha value is 0.500. The quantitative estimate of drug-likeness (QED) is 0.501. The monoisotopic (exact) mass is 170 g/mol. The Labute approximate surface area is 66.1 Å². The van der Waals surface area contributed by atoms with Crippen LogP contribution < -0.4 is 5.32 Å². The summed E-state index contributed by atoms with van der Waals surface area (Å²) in [5.74, 6) is 0. The van der Waals surface area contributed by atoms with Gasteiger partial charge in [-0.3, -0.25) is 4.90 Å². The predicted octanol–water partition coefficient (Wildman–Crippen LogP) is 0.899. The van der Waals surface area contributed by atoms with E-state index in [1.165, 1.54) is 0 Å². The largest absolute Gasteiger partial charge is 0.316 e. The number of nitrogens with one attached hydrogen (secondary N) is 1. The van der Waals surface area contributed by atoms with Crippen LogP contribution in [0.1, 0.15) is 0 Å². The van der Waals surface area contributed by atoms with Crippen molar-refractivity contribution in [2.75, 3.05) is 27.7 Å². The summed E-state index contributed by atoms with van der Waals surface area (Å²) in [6, 6.07) is 0. The molecule has 0 saturated carbocycles. The van der Waals surface area contributed by atoms with Gasteiger partial charge in [0.25, 0.3) is 0 Å². The van der Waals surface area contributed by atoms with Gasteiger partial charge in [-0.15, -0.1) is 0 Å². The third-order valence-corrected chi connectivity index (χ3v) is 1.99.